The lowest BCUT2D eigenvalue weighted by molar-refractivity contribution is 1.06. The van der Waals surface area contributed by atoms with Crippen LogP contribution in [-0.4, -0.2) is 14.8 Å². The Bertz CT molecular complexity index is 410. The Morgan fingerprint density at radius 2 is 1.92 bits per heavy atom. The number of aromatic nitrogens is 3. The number of hydrogen-bond acceptors (Lipinski definition) is 3. The highest BCUT2D eigenvalue weighted by molar-refractivity contribution is 6.33. The van der Waals surface area contributed by atoms with Gasteiger partial charge in [0.25, 0.3) is 0 Å². The summed E-state index contributed by atoms with van der Waals surface area (Å²) in [6.45, 7) is 0. The maximum absolute atomic E-state index is 5.85. The lowest BCUT2D eigenvalue weighted by atomic mass is 10.3. The predicted octanol–water partition coefficient (Wildman–Crippen LogP) is 1.50. The Morgan fingerprint density at radius 3 is 2.54 bits per heavy atom. The van der Waals surface area contributed by atoms with Crippen molar-refractivity contribution in [3.8, 4) is 5.69 Å². The van der Waals surface area contributed by atoms with E-state index in [1.54, 1.807) is 29.4 Å². The largest absolute Gasteiger partial charge is 0.398 e. The molecule has 0 saturated carbocycles. The molecule has 13 heavy (non-hydrogen) atoms. The molecule has 1 aromatic heterocycles. The average molecular weight is 195 g/mol. The van der Waals surface area contributed by atoms with Gasteiger partial charge < -0.3 is 5.73 Å². The summed E-state index contributed by atoms with van der Waals surface area (Å²) in [4.78, 5) is 0. The van der Waals surface area contributed by atoms with Gasteiger partial charge in [0.15, 0.2) is 0 Å². The van der Waals surface area contributed by atoms with Crippen LogP contribution in [0.2, 0.25) is 5.02 Å². The van der Waals surface area contributed by atoms with Crippen molar-refractivity contribution in [1.82, 2.24) is 14.8 Å². The first-order chi connectivity index (χ1) is 6.27. The molecule has 0 amide bonds. The van der Waals surface area contributed by atoms with Gasteiger partial charge in [-0.2, -0.15) is 0 Å². The highest BCUT2D eigenvalue weighted by Gasteiger charge is 1.99. The van der Waals surface area contributed by atoms with Gasteiger partial charge in [-0.15, -0.1) is 10.2 Å². The molecule has 0 aliphatic rings. The molecular formula is C8H7ClN4. The Labute approximate surface area is 80.0 Å². The van der Waals surface area contributed by atoms with Gasteiger partial charge in [-0.3, -0.25) is 4.57 Å². The highest BCUT2D eigenvalue weighted by atomic mass is 35.5. The topological polar surface area (TPSA) is 56.7 Å². The molecule has 0 radical (unpaired) electrons. The van der Waals surface area contributed by atoms with E-state index in [0.717, 1.165) is 5.69 Å². The van der Waals surface area contributed by atoms with Crippen LogP contribution in [-0.2, 0) is 0 Å². The van der Waals surface area contributed by atoms with E-state index < -0.39 is 0 Å². The lowest BCUT2D eigenvalue weighted by Crippen LogP contribution is -1.92. The summed E-state index contributed by atoms with van der Waals surface area (Å²) in [5.74, 6) is 0. The van der Waals surface area contributed by atoms with Crippen LogP contribution >= 0.6 is 11.6 Å². The molecule has 1 heterocycles. The second kappa shape index (κ2) is 3.06. The number of nitrogen functional groups attached to an aromatic ring is 1. The fourth-order valence-electron chi connectivity index (χ4n) is 1.01. The van der Waals surface area contributed by atoms with Crippen LogP contribution in [0.1, 0.15) is 0 Å². The maximum Gasteiger partial charge on any atom is 0.123 e. The van der Waals surface area contributed by atoms with E-state index in [9.17, 15) is 0 Å². The summed E-state index contributed by atoms with van der Waals surface area (Å²) in [5, 5.41) is 7.91. The molecule has 5 heteroatoms. The van der Waals surface area contributed by atoms with Crippen molar-refractivity contribution in [2.75, 3.05) is 5.73 Å². The van der Waals surface area contributed by atoms with Crippen LogP contribution in [0.25, 0.3) is 5.69 Å². The first kappa shape index (κ1) is 8.07. The van der Waals surface area contributed by atoms with Gasteiger partial charge in [0.05, 0.1) is 10.7 Å². The van der Waals surface area contributed by atoms with E-state index in [-0.39, 0.29) is 0 Å². The number of nitrogens with zero attached hydrogens (tertiary/aromatic N) is 3. The maximum atomic E-state index is 5.85. The van der Waals surface area contributed by atoms with Crippen LogP contribution in [0.15, 0.2) is 30.9 Å². The SMILES string of the molecule is Nc1ccc(-n2cnnc2)cc1Cl. The Balaban J connectivity index is 2.49. The summed E-state index contributed by atoms with van der Waals surface area (Å²) in [5.41, 5.74) is 7.03. The van der Waals surface area contributed by atoms with Crippen molar-refractivity contribution in [2.45, 2.75) is 0 Å². The molecule has 0 bridgehead atoms. The number of halogens is 1. The number of anilines is 1. The summed E-state index contributed by atoms with van der Waals surface area (Å²) < 4.78 is 1.76. The van der Waals surface area contributed by atoms with Crippen LogP contribution in [0.5, 0.6) is 0 Å². The van der Waals surface area contributed by atoms with Crippen molar-refractivity contribution in [3.63, 3.8) is 0 Å². The van der Waals surface area contributed by atoms with Crippen LogP contribution < -0.4 is 5.73 Å². The lowest BCUT2D eigenvalue weighted by Gasteiger charge is -2.02. The molecule has 66 valence electrons. The third-order valence-electron chi connectivity index (χ3n) is 1.70. The van der Waals surface area contributed by atoms with Crippen molar-refractivity contribution in [2.24, 2.45) is 0 Å². The summed E-state index contributed by atoms with van der Waals surface area (Å²) in [6, 6.07) is 5.36. The van der Waals surface area contributed by atoms with E-state index in [1.165, 1.54) is 0 Å². The second-order valence-corrected chi connectivity index (χ2v) is 2.98. The van der Waals surface area contributed by atoms with Crippen molar-refractivity contribution < 1.29 is 0 Å². The first-order valence-corrected chi connectivity index (χ1v) is 4.05. The van der Waals surface area contributed by atoms with Crippen molar-refractivity contribution in [1.29, 1.82) is 0 Å². The number of nitrogens with two attached hydrogens (primary N) is 1. The smallest absolute Gasteiger partial charge is 0.123 e. The third kappa shape index (κ3) is 1.48. The first-order valence-electron chi connectivity index (χ1n) is 3.67. The molecular weight excluding hydrogens is 188 g/mol. The zero-order valence-corrected chi connectivity index (χ0v) is 7.44. The summed E-state index contributed by atoms with van der Waals surface area (Å²) in [7, 11) is 0. The third-order valence-corrected chi connectivity index (χ3v) is 2.03. The van der Waals surface area contributed by atoms with Gasteiger partial charge >= 0.3 is 0 Å². The van der Waals surface area contributed by atoms with E-state index >= 15 is 0 Å². The van der Waals surface area contributed by atoms with Gasteiger partial charge in [0.1, 0.15) is 12.7 Å². The quantitative estimate of drug-likeness (QED) is 0.700. The molecule has 2 N–H and O–H groups in total. The molecule has 0 unspecified atom stereocenters. The van der Waals surface area contributed by atoms with Gasteiger partial charge in [-0.25, -0.2) is 0 Å². The molecule has 2 aromatic rings. The van der Waals surface area contributed by atoms with E-state index in [2.05, 4.69) is 10.2 Å². The molecule has 1 aromatic carbocycles. The Morgan fingerprint density at radius 1 is 1.23 bits per heavy atom. The fourth-order valence-corrected chi connectivity index (χ4v) is 1.19. The van der Waals surface area contributed by atoms with Crippen molar-refractivity contribution >= 4 is 17.3 Å². The molecule has 0 aliphatic carbocycles. The normalized spacial score (nSPS) is 10.2. The summed E-state index contributed by atoms with van der Waals surface area (Å²) >= 11 is 5.85. The molecule has 0 spiro atoms. The zero-order valence-electron chi connectivity index (χ0n) is 6.68. The van der Waals surface area contributed by atoms with Crippen molar-refractivity contribution in [3.05, 3.63) is 35.9 Å². The molecule has 0 aliphatic heterocycles. The van der Waals surface area contributed by atoms with Gasteiger partial charge in [-0.05, 0) is 18.2 Å². The van der Waals surface area contributed by atoms with E-state index in [4.69, 9.17) is 17.3 Å². The van der Waals surface area contributed by atoms with Gasteiger partial charge in [0.2, 0.25) is 0 Å². The summed E-state index contributed by atoms with van der Waals surface area (Å²) in [6.07, 6.45) is 3.20. The molecule has 0 atom stereocenters. The zero-order chi connectivity index (χ0) is 9.26. The Hall–Kier alpha value is -1.55. The van der Waals surface area contributed by atoms with E-state index in [0.29, 0.717) is 10.7 Å². The predicted molar refractivity (Wildman–Crippen MR) is 50.8 cm³/mol. The number of hydrogen-bond donors (Lipinski definition) is 1. The van der Waals surface area contributed by atoms with Gasteiger partial charge in [0, 0.05) is 5.69 Å². The minimum atomic E-state index is 0.534. The van der Waals surface area contributed by atoms with E-state index in [1.807, 2.05) is 6.07 Å². The molecule has 0 fully saturated rings. The number of rotatable bonds is 1. The van der Waals surface area contributed by atoms with Gasteiger partial charge in [-0.1, -0.05) is 11.6 Å². The average Bonchev–Trinajstić information content (AvgIpc) is 2.62. The van der Waals surface area contributed by atoms with Crippen LogP contribution in [0, 0.1) is 0 Å². The minimum absolute atomic E-state index is 0.534. The monoisotopic (exact) mass is 194 g/mol. The second-order valence-electron chi connectivity index (χ2n) is 2.57. The molecule has 2 rings (SSSR count). The molecule has 4 nitrogen and oxygen atoms in total. The molecule has 0 saturated heterocycles. The Kier molecular flexibility index (Phi) is 1.90. The standard InChI is InChI=1S/C8H7ClN4/c9-7-3-6(1-2-8(7)10)13-4-11-12-5-13/h1-5H,10H2. The number of benzene rings is 1. The minimum Gasteiger partial charge on any atom is -0.398 e. The van der Waals surface area contributed by atoms with Crippen LogP contribution in [0.3, 0.4) is 0 Å². The fraction of sp³-hybridized carbons (Fsp3) is 0. The van der Waals surface area contributed by atoms with Crippen LogP contribution in [0.4, 0.5) is 5.69 Å². The highest BCUT2D eigenvalue weighted by Crippen LogP contribution is 2.21.